The van der Waals surface area contributed by atoms with E-state index in [9.17, 15) is 4.57 Å². The molecule has 148 valence electrons. The summed E-state index contributed by atoms with van der Waals surface area (Å²) in [5.41, 5.74) is 1.82. The third-order valence-corrected chi connectivity index (χ3v) is 6.35. The van der Waals surface area contributed by atoms with Gasteiger partial charge < -0.3 is 18.5 Å². The minimum Gasteiger partial charge on any atom is -0.493 e. The zero-order valence-corrected chi connectivity index (χ0v) is 17.2. The Hall–Kier alpha value is -1.85. The second kappa shape index (κ2) is 10.5. The van der Waals surface area contributed by atoms with Gasteiger partial charge in [-0.05, 0) is 37.1 Å². The molecule has 0 aliphatic rings. The summed E-state index contributed by atoms with van der Waals surface area (Å²) in [7, 11) is -0.193. The first kappa shape index (κ1) is 21.5. The van der Waals surface area contributed by atoms with E-state index in [0.717, 1.165) is 11.1 Å². The summed E-state index contributed by atoms with van der Waals surface area (Å²) in [6, 6.07) is 15.2. The highest BCUT2D eigenvalue weighted by atomic mass is 31.2. The summed E-state index contributed by atoms with van der Waals surface area (Å²) in [6.45, 7) is 4.69. The number of hydrogen-bond acceptors (Lipinski definition) is 6. The van der Waals surface area contributed by atoms with Crippen molar-refractivity contribution in [1.82, 2.24) is 5.32 Å². The van der Waals surface area contributed by atoms with Crippen molar-refractivity contribution in [2.24, 2.45) is 0 Å². The number of rotatable bonds is 11. The first-order chi connectivity index (χ1) is 13.1. The molecule has 7 heteroatoms. The molecule has 2 aromatic rings. The molecule has 2 aromatic carbocycles. The molecule has 0 bridgehead atoms. The van der Waals surface area contributed by atoms with E-state index in [-0.39, 0.29) is 0 Å². The second-order valence-corrected chi connectivity index (χ2v) is 7.87. The van der Waals surface area contributed by atoms with E-state index >= 15 is 0 Å². The van der Waals surface area contributed by atoms with Crippen molar-refractivity contribution in [3.05, 3.63) is 59.7 Å². The van der Waals surface area contributed by atoms with Crippen LogP contribution in [0.5, 0.6) is 11.5 Å². The third-order valence-electron chi connectivity index (χ3n) is 4.00. The van der Waals surface area contributed by atoms with Crippen molar-refractivity contribution in [2.45, 2.75) is 26.2 Å². The average molecular weight is 393 g/mol. The second-order valence-electron chi connectivity index (χ2n) is 5.76. The number of ether oxygens (including phenoxy) is 2. The van der Waals surface area contributed by atoms with Gasteiger partial charge in [0.25, 0.3) is 0 Å². The summed E-state index contributed by atoms with van der Waals surface area (Å²) in [5, 5.41) is 3.34. The largest absolute Gasteiger partial charge is 0.493 e. The minimum atomic E-state index is -3.39. The van der Waals surface area contributed by atoms with Gasteiger partial charge in [-0.15, -0.1) is 0 Å². The van der Waals surface area contributed by atoms with Gasteiger partial charge in [0.05, 0.1) is 27.4 Å². The summed E-state index contributed by atoms with van der Waals surface area (Å²) in [5.74, 6) is 0.729. The molecular weight excluding hydrogens is 365 g/mol. The van der Waals surface area contributed by atoms with E-state index in [1.165, 1.54) is 0 Å². The topological polar surface area (TPSA) is 66.0 Å². The average Bonchev–Trinajstić information content (AvgIpc) is 2.69. The summed E-state index contributed by atoms with van der Waals surface area (Å²) in [6.07, 6.45) is 0. The Morgan fingerprint density at radius 2 is 1.56 bits per heavy atom. The van der Waals surface area contributed by atoms with Gasteiger partial charge in [-0.3, -0.25) is 9.88 Å². The fourth-order valence-electron chi connectivity index (χ4n) is 2.80. The lowest BCUT2D eigenvalue weighted by atomic mass is 10.2. The molecule has 1 unspecified atom stereocenters. The molecule has 0 aromatic heterocycles. The Labute approximate surface area is 161 Å². The highest BCUT2D eigenvalue weighted by Gasteiger charge is 2.36. The van der Waals surface area contributed by atoms with E-state index in [2.05, 4.69) is 5.32 Å². The standard InChI is InChI=1S/C20H28NO5P/c1-5-25-27(22,26-6-2)20(17-10-8-7-9-11-17)21-15-16-12-13-18(23-3)19(14-16)24-4/h7-14,20-21H,5-6,15H2,1-4H3. The van der Waals surface area contributed by atoms with Crippen molar-refractivity contribution >= 4 is 7.60 Å². The smallest absolute Gasteiger partial charge is 0.351 e. The SMILES string of the molecule is CCOP(=O)(OCC)C(NCc1ccc(OC)c(OC)c1)c1ccccc1. The van der Waals surface area contributed by atoms with Crippen LogP contribution in [0.4, 0.5) is 0 Å². The van der Waals surface area contributed by atoms with Crippen molar-refractivity contribution < 1.29 is 23.1 Å². The van der Waals surface area contributed by atoms with E-state index < -0.39 is 13.4 Å². The number of hydrogen-bond donors (Lipinski definition) is 1. The van der Waals surface area contributed by atoms with Gasteiger partial charge in [-0.25, -0.2) is 0 Å². The summed E-state index contributed by atoms with van der Waals surface area (Å²) >= 11 is 0. The van der Waals surface area contributed by atoms with E-state index in [1.807, 2.05) is 62.4 Å². The third kappa shape index (κ3) is 5.56. The Bertz CT molecular complexity index is 743. The molecule has 0 amide bonds. The van der Waals surface area contributed by atoms with Crippen LogP contribution in [0.15, 0.2) is 48.5 Å². The molecular formula is C20H28NO5P. The molecule has 0 aliphatic heterocycles. The predicted octanol–water partition coefficient (Wildman–Crippen LogP) is 4.76. The number of methoxy groups -OCH3 is 2. The Morgan fingerprint density at radius 3 is 2.11 bits per heavy atom. The van der Waals surface area contributed by atoms with Crippen LogP contribution < -0.4 is 14.8 Å². The van der Waals surface area contributed by atoms with Gasteiger partial charge in [-0.2, -0.15) is 0 Å². The molecule has 1 N–H and O–H groups in total. The zero-order chi connectivity index (χ0) is 19.7. The van der Waals surface area contributed by atoms with Gasteiger partial charge in [0.15, 0.2) is 11.5 Å². The minimum absolute atomic E-state index is 0.304. The fraction of sp³-hybridized carbons (Fsp3) is 0.400. The van der Waals surface area contributed by atoms with Gasteiger partial charge >= 0.3 is 7.60 Å². The molecule has 0 fully saturated rings. The van der Waals surface area contributed by atoms with Crippen molar-refractivity contribution in [3.8, 4) is 11.5 Å². The molecule has 0 aliphatic carbocycles. The van der Waals surface area contributed by atoms with Crippen LogP contribution in [0, 0.1) is 0 Å². The van der Waals surface area contributed by atoms with Crippen LogP contribution in [0.25, 0.3) is 0 Å². The molecule has 0 heterocycles. The maximum Gasteiger partial charge on any atom is 0.351 e. The number of benzene rings is 2. The quantitative estimate of drug-likeness (QED) is 0.556. The Balaban J connectivity index is 2.28. The fourth-order valence-corrected chi connectivity index (χ4v) is 4.74. The lowest BCUT2D eigenvalue weighted by Crippen LogP contribution is -2.23. The van der Waals surface area contributed by atoms with Crippen molar-refractivity contribution in [2.75, 3.05) is 27.4 Å². The van der Waals surface area contributed by atoms with E-state index in [4.69, 9.17) is 18.5 Å². The number of nitrogens with one attached hydrogen (secondary N) is 1. The normalized spacial score (nSPS) is 12.6. The molecule has 0 radical (unpaired) electrons. The molecule has 27 heavy (non-hydrogen) atoms. The van der Waals surface area contributed by atoms with Crippen LogP contribution in [-0.4, -0.2) is 27.4 Å². The highest BCUT2D eigenvalue weighted by Crippen LogP contribution is 2.59. The van der Waals surface area contributed by atoms with E-state index in [1.54, 1.807) is 14.2 Å². The van der Waals surface area contributed by atoms with E-state index in [0.29, 0.717) is 31.3 Å². The van der Waals surface area contributed by atoms with Crippen LogP contribution >= 0.6 is 7.60 Å². The molecule has 6 nitrogen and oxygen atoms in total. The Morgan fingerprint density at radius 1 is 0.926 bits per heavy atom. The predicted molar refractivity (Wildman–Crippen MR) is 106 cm³/mol. The van der Waals surface area contributed by atoms with Gasteiger partial charge in [0, 0.05) is 6.54 Å². The van der Waals surface area contributed by atoms with Gasteiger partial charge in [-0.1, -0.05) is 36.4 Å². The zero-order valence-electron chi connectivity index (χ0n) is 16.3. The highest BCUT2D eigenvalue weighted by molar-refractivity contribution is 7.54. The van der Waals surface area contributed by atoms with Crippen molar-refractivity contribution in [3.63, 3.8) is 0 Å². The maximum atomic E-state index is 13.4. The lowest BCUT2D eigenvalue weighted by Gasteiger charge is -2.27. The van der Waals surface area contributed by atoms with Crippen LogP contribution in [0.3, 0.4) is 0 Å². The van der Waals surface area contributed by atoms with Crippen molar-refractivity contribution in [1.29, 1.82) is 0 Å². The van der Waals surface area contributed by atoms with Gasteiger partial charge in [0.2, 0.25) is 0 Å². The van der Waals surface area contributed by atoms with Crippen LogP contribution in [0.1, 0.15) is 30.8 Å². The van der Waals surface area contributed by atoms with Crippen LogP contribution in [0.2, 0.25) is 0 Å². The summed E-state index contributed by atoms with van der Waals surface area (Å²) in [4.78, 5) is 0. The Kier molecular flexibility index (Phi) is 8.32. The first-order valence-corrected chi connectivity index (χ1v) is 10.6. The molecule has 0 spiro atoms. The monoisotopic (exact) mass is 393 g/mol. The molecule has 1 atom stereocenters. The molecule has 2 rings (SSSR count). The molecule has 0 saturated carbocycles. The lowest BCUT2D eigenvalue weighted by molar-refractivity contribution is 0.207. The molecule has 0 saturated heterocycles. The van der Waals surface area contributed by atoms with Crippen LogP contribution in [-0.2, 0) is 20.2 Å². The van der Waals surface area contributed by atoms with Gasteiger partial charge in [0.1, 0.15) is 5.78 Å². The summed E-state index contributed by atoms with van der Waals surface area (Å²) < 4.78 is 35.2. The maximum absolute atomic E-state index is 13.4. The first-order valence-electron chi connectivity index (χ1n) is 8.96.